The number of ether oxygens (including phenoxy) is 1. The van der Waals surface area contributed by atoms with Gasteiger partial charge in [-0.2, -0.15) is 0 Å². The molecular formula is C10H13ClFNO2. The Hall–Kier alpha value is -1.00. The summed E-state index contributed by atoms with van der Waals surface area (Å²) in [4.78, 5) is 0. The van der Waals surface area contributed by atoms with Crippen LogP contribution in [0.15, 0.2) is 6.07 Å². The second-order valence-corrected chi connectivity index (χ2v) is 3.43. The van der Waals surface area contributed by atoms with Crippen molar-refractivity contribution in [3.8, 4) is 11.5 Å². The number of rotatable bonds is 4. The van der Waals surface area contributed by atoms with Crippen LogP contribution in [0.3, 0.4) is 0 Å². The van der Waals surface area contributed by atoms with Gasteiger partial charge in [0.2, 0.25) is 0 Å². The van der Waals surface area contributed by atoms with Crippen molar-refractivity contribution in [3.05, 3.63) is 22.5 Å². The molecule has 0 aliphatic rings. The quantitative estimate of drug-likeness (QED) is 0.835. The van der Waals surface area contributed by atoms with E-state index in [0.29, 0.717) is 18.5 Å². The van der Waals surface area contributed by atoms with E-state index >= 15 is 0 Å². The smallest absolute Gasteiger partial charge is 0.165 e. The van der Waals surface area contributed by atoms with Crippen molar-refractivity contribution in [1.82, 2.24) is 5.32 Å². The molecule has 1 aromatic carbocycles. The van der Waals surface area contributed by atoms with Gasteiger partial charge in [-0.25, -0.2) is 4.39 Å². The fourth-order valence-electron chi connectivity index (χ4n) is 1.35. The minimum absolute atomic E-state index is 0.0000926. The zero-order chi connectivity index (χ0) is 11.4. The van der Waals surface area contributed by atoms with Gasteiger partial charge in [-0.15, -0.1) is 0 Å². The van der Waals surface area contributed by atoms with E-state index in [1.54, 1.807) is 7.05 Å². The Morgan fingerprint density at radius 2 is 2.27 bits per heavy atom. The SMILES string of the molecule is CNCCc1c(Cl)c(F)cc(O)c1OC. The van der Waals surface area contributed by atoms with Gasteiger partial charge in [0.05, 0.1) is 12.1 Å². The van der Waals surface area contributed by atoms with E-state index < -0.39 is 5.82 Å². The third kappa shape index (κ3) is 2.52. The molecule has 0 aliphatic heterocycles. The van der Waals surface area contributed by atoms with Crippen LogP contribution in [0.1, 0.15) is 5.56 Å². The summed E-state index contributed by atoms with van der Waals surface area (Å²) >= 11 is 5.79. The molecule has 5 heteroatoms. The molecule has 0 radical (unpaired) electrons. The average molecular weight is 234 g/mol. The minimum Gasteiger partial charge on any atom is -0.504 e. The highest BCUT2D eigenvalue weighted by Gasteiger charge is 2.16. The molecule has 0 spiro atoms. The average Bonchev–Trinajstić information content (AvgIpc) is 2.21. The van der Waals surface area contributed by atoms with Crippen LogP contribution in [0.4, 0.5) is 4.39 Å². The summed E-state index contributed by atoms with van der Waals surface area (Å²) in [6.07, 6.45) is 0.490. The van der Waals surface area contributed by atoms with Gasteiger partial charge in [-0.3, -0.25) is 0 Å². The van der Waals surface area contributed by atoms with E-state index in [1.807, 2.05) is 0 Å². The van der Waals surface area contributed by atoms with E-state index in [1.165, 1.54) is 7.11 Å². The standard InChI is InChI=1S/C10H13ClFNO2/c1-13-4-3-6-9(11)7(12)5-8(14)10(6)15-2/h5,13-14H,3-4H2,1-2H3. The van der Waals surface area contributed by atoms with Gasteiger partial charge in [-0.05, 0) is 20.0 Å². The van der Waals surface area contributed by atoms with Crippen LogP contribution >= 0.6 is 11.6 Å². The van der Waals surface area contributed by atoms with Gasteiger partial charge in [0.15, 0.2) is 11.5 Å². The van der Waals surface area contributed by atoms with Crippen LogP contribution in [-0.2, 0) is 6.42 Å². The lowest BCUT2D eigenvalue weighted by Gasteiger charge is -2.12. The first kappa shape index (κ1) is 12.1. The van der Waals surface area contributed by atoms with Crippen LogP contribution in [0.5, 0.6) is 11.5 Å². The van der Waals surface area contributed by atoms with E-state index in [-0.39, 0.29) is 16.5 Å². The number of hydrogen-bond donors (Lipinski definition) is 2. The predicted octanol–water partition coefficient (Wildman–Crippen LogP) is 1.96. The molecule has 84 valence electrons. The van der Waals surface area contributed by atoms with Crippen molar-refractivity contribution in [1.29, 1.82) is 0 Å². The first-order chi connectivity index (χ1) is 7.11. The van der Waals surface area contributed by atoms with Crippen molar-refractivity contribution in [2.24, 2.45) is 0 Å². The third-order valence-electron chi connectivity index (χ3n) is 2.07. The van der Waals surface area contributed by atoms with E-state index in [9.17, 15) is 9.50 Å². The predicted molar refractivity (Wildman–Crippen MR) is 57.3 cm³/mol. The molecule has 0 aromatic heterocycles. The molecule has 0 atom stereocenters. The van der Waals surface area contributed by atoms with Crippen molar-refractivity contribution in [3.63, 3.8) is 0 Å². The van der Waals surface area contributed by atoms with Gasteiger partial charge < -0.3 is 15.2 Å². The first-order valence-corrected chi connectivity index (χ1v) is 4.88. The van der Waals surface area contributed by atoms with Crippen LogP contribution in [0.25, 0.3) is 0 Å². The Bertz CT molecular complexity index is 358. The number of halogens is 2. The maximum Gasteiger partial charge on any atom is 0.165 e. The summed E-state index contributed by atoms with van der Waals surface area (Å²) in [6.45, 7) is 0.624. The number of phenolic OH excluding ortho intramolecular Hbond substituents is 1. The van der Waals surface area contributed by atoms with Crippen LogP contribution in [0.2, 0.25) is 5.02 Å². The Kier molecular flexibility index (Phi) is 4.17. The molecule has 0 heterocycles. The van der Waals surface area contributed by atoms with Gasteiger partial charge in [0, 0.05) is 11.6 Å². The van der Waals surface area contributed by atoms with Crippen molar-refractivity contribution < 1.29 is 14.2 Å². The molecule has 0 fully saturated rings. The van der Waals surface area contributed by atoms with Crippen LogP contribution in [0, 0.1) is 5.82 Å². The van der Waals surface area contributed by atoms with Gasteiger partial charge in [0.25, 0.3) is 0 Å². The van der Waals surface area contributed by atoms with Crippen molar-refractivity contribution in [2.45, 2.75) is 6.42 Å². The minimum atomic E-state index is -0.638. The summed E-state index contributed by atoms with van der Waals surface area (Å²) in [7, 11) is 3.19. The van der Waals surface area contributed by atoms with Crippen molar-refractivity contribution >= 4 is 11.6 Å². The lowest BCUT2D eigenvalue weighted by molar-refractivity contribution is 0.366. The van der Waals surface area contributed by atoms with Crippen LogP contribution in [-0.4, -0.2) is 25.8 Å². The lowest BCUT2D eigenvalue weighted by atomic mass is 10.1. The first-order valence-electron chi connectivity index (χ1n) is 4.50. The number of nitrogens with one attached hydrogen (secondary N) is 1. The number of aromatic hydroxyl groups is 1. The molecular weight excluding hydrogens is 221 g/mol. The van der Waals surface area contributed by atoms with Gasteiger partial charge >= 0.3 is 0 Å². The van der Waals surface area contributed by atoms with Gasteiger partial charge in [0.1, 0.15) is 5.82 Å². The highest BCUT2D eigenvalue weighted by Crippen LogP contribution is 2.37. The molecule has 0 bridgehead atoms. The van der Waals surface area contributed by atoms with E-state index in [0.717, 1.165) is 6.07 Å². The Labute approximate surface area is 92.8 Å². The molecule has 3 nitrogen and oxygen atoms in total. The number of phenols is 1. The van der Waals surface area contributed by atoms with Crippen LogP contribution < -0.4 is 10.1 Å². The molecule has 1 aromatic rings. The molecule has 0 saturated heterocycles. The molecule has 0 amide bonds. The highest BCUT2D eigenvalue weighted by atomic mass is 35.5. The summed E-state index contributed by atoms with van der Waals surface area (Å²) in [6, 6.07) is 0.948. The maximum absolute atomic E-state index is 13.2. The summed E-state index contributed by atoms with van der Waals surface area (Å²) in [5.41, 5.74) is 0.478. The monoisotopic (exact) mass is 233 g/mol. The Balaban J connectivity index is 3.18. The fraction of sp³-hybridized carbons (Fsp3) is 0.400. The molecule has 1 rings (SSSR count). The topological polar surface area (TPSA) is 41.5 Å². The summed E-state index contributed by atoms with van der Waals surface area (Å²) < 4.78 is 18.2. The second kappa shape index (κ2) is 5.19. The molecule has 15 heavy (non-hydrogen) atoms. The third-order valence-corrected chi connectivity index (χ3v) is 2.48. The maximum atomic E-state index is 13.2. The number of methoxy groups -OCH3 is 1. The normalized spacial score (nSPS) is 10.4. The zero-order valence-corrected chi connectivity index (χ0v) is 9.36. The van der Waals surface area contributed by atoms with E-state index in [2.05, 4.69) is 5.32 Å². The molecule has 0 unspecified atom stereocenters. The molecule has 0 aliphatic carbocycles. The number of hydrogen-bond acceptors (Lipinski definition) is 3. The largest absolute Gasteiger partial charge is 0.504 e. The Morgan fingerprint density at radius 1 is 1.60 bits per heavy atom. The fourth-order valence-corrected chi connectivity index (χ4v) is 1.58. The number of likely N-dealkylation sites (N-methyl/N-ethyl adjacent to an activating group) is 1. The number of benzene rings is 1. The Morgan fingerprint density at radius 3 is 2.80 bits per heavy atom. The molecule has 0 saturated carbocycles. The summed E-state index contributed by atoms with van der Waals surface area (Å²) in [5.74, 6) is -0.636. The highest BCUT2D eigenvalue weighted by molar-refractivity contribution is 6.31. The van der Waals surface area contributed by atoms with E-state index in [4.69, 9.17) is 16.3 Å². The van der Waals surface area contributed by atoms with Gasteiger partial charge in [-0.1, -0.05) is 11.6 Å². The van der Waals surface area contributed by atoms with Crippen molar-refractivity contribution in [2.75, 3.05) is 20.7 Å². The zero-order valence-electron chi connectivity index (χ0n) is 8.60. The molecule has 2 N–H and O–H groups in total. The second-order valence-electron chi connectivity index (χ2n) is 3.06. The lowest BCUT2D eigenvalue weighted by Crippen LogP contribution is -2.11. The summed E-state index contributed by atoms with van der Waals surface area (Å²) in [5, 5.41) is 12.4.